The summed E-state index contributed by atoms with van der Waals surface area (Å²) >= 11 is 0. The summed E-state index contributed by atoms with van der Waals surface area (Å²) in [4.78, 5) is 11.7. The summed E-state index contributed by atoms with van der Waals surface area (Å²) < 4.78 is 24.0. The maximum Gasteiger partial charge on any atom is 0.236 e. The average molecular weight is 293 g/mol. The molecule has 0 bridgehead atoms. The Bertz CT molecular complexity index is 355. The molecule has 0 fully saturated rings. The molecular weight excluding hydrogens is 266 g/mol. The average Bonchev–Trinajstić information content (AvgIpc) is 2.26. The smallest absolute Gasteiger partial charge is 0.236 e. The van der Waals surface area contributed by atoms with Crippen LogP contribution in [0.2, 0.25) is 0 Å². The molecule has 1 atom stereocenters. The Hall–Kier alpha value is -0.660. The standard InChI is InChI=1S/C12H27N3O3S/c1-10(2)6-9-14-12(16)11(3)13-7-5-8-15-19(4,17)18/h10-11,13,15H,5-9H2,1-4H3,(H,14,16). The monoisotopic (exact) mass is 293 g/mol. The first-order chi connectivity index (χ1) is 8.72. The van der Waals surface area contributed by atoms with Gasteiger partial charge >= 0.3 is 0 Å². The molecule has 6 nitrogen and oxygen atoms in total. The molecule has 0 saturated heterocycles. The molecule has 0 aromatic carbocycles. The lowest BCUT2D eigenvalue weighted by Crippen LogP contribution is -2.43. The first-order valence-corrected chi connectivity index (χ1v) is 8.57. The van der Waals surface area contributed by atoms with Gasteiger partial charge in [0.05, 0.1) is 12.3 Å². The summed E-state index contributed by atoms with van der Waals surface area (Å²) in [5.41, 5.74) is 0. The van der Waals surface area contributed by atoms with Crippen molar-refractivity contribution in [3.63, 3.8) is 0 Å². The van der Waals surface area contributed by atoms with Gasteiger partial charge in [0.1, 0.15) is 0 Å². The molecule has 0 heterocycles. The Labute approximate surface area is 116 Å². The molecular formula is C12H27N3O3S. The zero-order valence-corrected chi connectivity index (χ0v) is 13.1. The number of sulfonamides is 1. The highest BCUT2D eigenvalue weighted by Gasteiger charge is 2.11. The van der Waals surface area contributed by atoms with Crippen molar-refractivity contribution in [2.24, 2.45) is 5.92 Å². The van der Waals surface area contributed by atoms with Gasteiger partial charge in [-0.1, -0.05) is 13.8 Å². The van der Waals surface area contributed by atoms with Gasteiger partial charge in [-0.3, -0.25) is 4.79 Å². The Balaban J connectivity index is 3.62. The number of nitrogens with one attached hydrogen (secondary N) is 3. The highest BCUT2D eigenvalue weighted by Crippen LogP contribution is 1.96. The fraction of sp³-hybridized carbons (Fsp3) is 0.917. The largest absolute Gasteiger partial charge is 0.355 e. The minimum atomic E-state index is -3.12. The number of carbonyl (C=O) groups excluding carboxylic acids is 1. The van der Waals surface area contributed by atoms with Gasteiger partial charge in [-0.2, -0.15) is 0 Å². The third-order valence-electron chi connectivity index (χ3n) is 2.58. The molecule has 114 valence electrons. The third kappa shape index (κ3) is 12.1. The molecule has 19 heavy (non-hydrogen) atoms. The van der Waals surface area contributed by atoms with Gasteiger partial charge in [0.15, 0.2) is 0 Å². The highest BCUT2D eigenvalue weighted by molar-refractivity contribution is 7.88. The second-order valence-electron chi connectivity index (χ2n) is 5.17. The van der Waals surface area contributed by atoms with E-state index in [1.54, 1.807) is 6.92 Å². The van der Waals surface area contributed by atoms with E-state index in [1.807, 2.05) is 0 Å². The van der Waals surface area contributed by atoms with E-state index in [4.69, 9.17) is 0 Å². The number of hydrogen-bond acceptors (Lipinski definition) is 4. The molecule has 0 saturated carbocycles. The third-order valence-corrected chi connectivity index (χ3v) is 3.31. The van der Waals surface area contributed by atoms with Crippen molar-refractivity contribution in [2.75, 3.05) is 25.9 Å². The van der Waals surface area contributed by atoms with Gasteiger partial charge in [-0.15, -0.1) is 0 Å². The van der Waals surface area contributed by atoms with Gasteiger partial charge in [0, 0.05) is 13.1 Å². The molecule has 0 aliphatic rings. The summed E-state index contributed by atoms with van der Waals surface area (Å²) in [5, 5.41) is 5.93. The summed E-state index contributed by atoms with van der Waals surface area (Å²) in [7, 11) is -3.12. The fourth-order valence-electron chi connectivity index (χ4n) is 1.39. The Morgan fingerprint density at radius 1 is 1.11 bits per heavy atom. The van der Waals surface area contributed by atoms with Crippen molar-refractivity contribution >= 4 is 15.9 Å². The number of rotatable bonds is 10. The van der Waals surface area contributed by atoms with E-state index >= 15 is 0 Å². The van der Waals surface area contributed by atoms with Crippen molar-refractivity contribution < 1.29 is 13.2 Å². The molecule has 0 radical (unpaired) electrons. The van der Waals surface area contributed by atoms with Crippen molar-refractivity contribution in [3.8, 4) is 0 Å². The SMILES string of the molecule is CC(C)CCNC(=O)C(C)NCCCNS(C)(=O)=O. The molecule has 3 N–H and O–H groups in total. The maximum absolute atomic E-state index is 11.7. The molecule has 0 aromatic rings. The second-order valence-corrected chi connectivity index (χ2v) is 7.00. The number of hydrogen-bond donors (Lipinski definition) is 3. The van der Waals surface area contributed by atoms with Gasteiger partial charge in [-0.25, -0.2) is 13.1 Å². The maximum atomic E-state index is 11.7. The quantitative estimate of drug-likeness (QED) is 0.497. The van der Waals surface area contributed by atoms with Gasteiger partial charge in [0.25, 0.3) is 0 Å². The first-order valence-electron chi connectivity index (χ1n) is 6.68. The highest BCUT2D eigenvalue weighted by atomic mass is 32.2. The summed E-state index contributed by atoms with van der Waals surface area (Å²) in [6.07, 6.45) is 2.75. The Morgan fingerprint density at radius 3 is 2.26 bits per heavy atom. The lowest BCUT2D eigenvalue weighted by atomic mass is 10.1. The van der Waals surface area contributed by atoms with Crippen molar-refractivity contribution in [1.82, 2.24) is 15.4 Å². The predicted octanol–water partition coefficient (Wildman–Crippen LogP) is 0.0661. The lowest BCUT2D eigenvalue weighted by molar-refractivity contribution is -0.122. The van der Waals surface area contributed by atoms with Gasteiger partial charge in [-0.05, 0) is 32.2 Å². The van der Waals surface area contributed by atoms with Crippen LogP contribution >= 0.6 is 0 Å². The van der Waals surface area contributed by atoms with Crippen LogP contribution in [-0.4, -0.2) is 46.3 Å². The van der Waals surface area contributed by atoms with Gasteiger partial charge in [0.2, 0.25) is 15.9 Å². The van der Waals surface area contributed by atoms with Crippen LogP contribution < -0.4 is 15.4 Å². The van der Waals surface area contributed by atoms with E-state index in [0.29, 0.717) is 32.0 Å². The van der Waals surface area contributed by atoms with Crippen LogP contribution in [0.25, 0.3) is 0 Å². The van der Waals surface area contributed by atoms with E-state index in [9.17, 15) is 13.2 Å². The van der Waals surface area contributed by atoms with Crippen molar-refractivity contribution in [2.45, 2.75) is 39.7 Å². The zero-order chi connectivity index (χ0) is 14.9. The molecule has 0 spiro atoms. The molecule has 0 rings (SSSR count). The second kappa shape index (κ2) is 9.28. The first kappa shape index (κ1) is 18.3. The van der Waals surface area contributed by atoms with E-state index in [-0.39, 0.29) is 11.9 Å². The van der Waals surface area contributed by atoms with Crippen molar-refractivity contribution in [1.29, 1.82) is 0 Å². The topological polar surface area (TPSA) is 87.3 Å². The Kier molecular flexibility index (Phi) is 8.95. The minimum Gasteiger partial charge on any atom is -0.355 e. The zero-order valence-electron chi connectivity index (χ0n) is 12.3. The fourth-order valence-corrected chi connectivity index (χ4v) is 1.91. The van der Waals surface area contributed by atoms with Crippen LogP contribution in [0.1, 0.15) is 33.6 Å². The molecule has 7 heteroatoms. The molecule has 0 aliphatic heterocycles. The van der Waals surface area contributed by atoms with Crippen LogP contribution in [0, 0.1) is 5.92 Å². The lowest BCUT2D eigenvalue weighted by Gasteiger charge is -2.14. The predicted molar refractivity (Wildman–Crippen MR) is 77.4 cm³/mol. The van der Waals surface area contributed by atoms with E-state index < -0.39 is 10.0 Å². The molecule has 1 unspecified atom stereocenters. The van der Waals surface area contributed by atoms with E-state index in [0.717, 1.165) is 12.7 Å². The van der Waals surface area contributed by atoms with E-state index in [1.165, 1.54) is 0 Å². The van der Waals surface area contributed by atoms with Crippen LogP contribution in [0.3, 0.4) is 0 Å². The normalized spacial score (nSPS) is 13.5. The van der Waals surface area contributed by atoms with Crippen LogP contribution in [0.15, 0.2) is 0 Å². The summed E-state index contributed by atoms with van der Waals surface area (Å²) in [6, 6.07) is -0.259. The summed E-state index contributed by atoms with van der Waals surface area (Å²) in [6.45, 7) is 7.70. The summed E-state index contributed by atoms with van der Waals surface area (Å²) in [5.74, 6) is 0.558. The van der Waals surface area contributed by atoms with E-state index in [2.05, 4.69) is 29.2 Å². The van der Waals surface area contributed by atoms with Gasteiger partial charge < -0.3 is 10.6 Å². The van der Waals surface area contributed by atoms with Crippen LogP contribution in [-0.2, 0) is 14.8 Å². The number of amides is 1. The van der Waals surface area contributed by atoms with Crippen molar-refractivity contribution in [3.05, 3.63) is 0 Å². The molecule has 0 aliphatic carbocycles. The Morgan fingerprint density at radius 2 is 1.74 bits per heavy atom. The molecule has 1 amide bonds. The number of carbonyl (C=O) groups is 1. The van der Waals surface area contributed by atoms with Crippen LogP contribution in [0.5, 0.6) is 0 Å². The minimum absolute atomic E-state index is 0.0169. The van der Waals surface area contributed by atoms with Crippen LogP contribution in [0.4, 0.5) is 0 Å². The molecule has 0 aromatic heterocycles.